The Hall–Kier alpha value is -2.85. The predicted octanol–water partition coefficient (Wildman–Crippen LogP) is 4.03. The second-order valence-electron chi connectivity index (χ2n) is 7.21. The topological polar surface area (TPSA) is 41.6 Å². The maximum atomic E-state index is 12.8. The van der Waals surface area contributed by atoms with Crippen LogP contribution in [0.25, 0.3) is 10.8 Å². The van der Waals surface area contributed by atoms with Gasteiger partial charge in [-0.25, -0.2) is 0 Å². The summed E-state index contributed by atoms with van der Waals surface area (Å²) in [5, 5.41) is 5.57. The molecule has 27 heavy (non-hydrogen) atoms. The molecule has 1 aliphatic heterocycles. The Balaban J connectivity index is 1.39. The highest BCUT2D eigenvalue weighted by Crippen LogP contribution is 2.35. The maximum absolute atomic E-state index is 12.8. The molecule has 1 N–H and O–H groups in total. The van der Waals surface area contributed by atoms with Crippen LogP contribution in [0.5, 0.6) is 0 Å². The number of hydrogen-bond acceptors (Lipinski definition) is 3. The Morgan fingerprint density at radius 3 is 2.41 bits per heavy atom. The van der Waals surface area contributed by atoms with Crippen LogP contribution in [0.3, 0.4) is 0 Å². The monoisotopic (exact) mass is 358 g/mol. The van der Waals surface area contributed by atoms with Crippen molar-refractivity contribution in [3.8, 4) is 0 Å². The molecule has 1 amide bonds. The van der Waals surface area contributed by atoms with Crippen LogP contribution in [0.15, 0.2) is 54.6 Å². The summed E-state index contributed by atoms with van der Waals surface area (Å²) in [4.78, 5) is 15.1. The van der Waals surface area contributed by atoms with Gasteiger partial charge in [-0.1, -0.05) is 24.3 Å². The van der Waals surface area contributed by atoms with E-state index < -0.39 is 0 Å². The molecule has 0 atom stereocenters. The first-order valence-corrected chi connectivity index (χ1v) is 9.57. The third-order valence-electron chi connectivity index (χ3n) is 5.63. The van der Waals surface area contributed by atoms with Crippen LogP contribution in [0.2, 0.25) is 0 Å². The lowest BCUT2D eigenvalue weighted by molar-refractivity contribution is 0.102. The zero-order valence-corrected chi connectivity index (χ0v) is 15.2. The Morgan fingerprint density at radius 2 is 1.63 bits per heavy atom. The van der Waals surface area contributed by atoms with E-state index >= 15 is 0 Å². The number of hydrogen-bond donors (Lipinski definition) is 1. The van der Waals surface area contributed by atoms with Gasteiger partial charge in [-0.15, -0.1) is 0 Å². The fourth-order valence-corrected chi connectivity index (χ4v) is 4.20. The number of nitrogens with zero attached hydrogens (tertiary/aromatic N) is 1. The fraction of sp³-hybridized carbons (Fsp3) is 0.261. The normalized spacial score (nSPS) is 15.9. The lowest BCUT2D eigenvalue weighted by Gasteiger charge is -2.28. The van der Waals surface area contributed by atoms with Crippen LogP contribution in [0.4, 0.5) is 11.4 Å². The van der Waals surface area contributed by atoms with Crippen LogP contribution in [0.1, 0.15) is 21.5 Å². The Bertz CT molecular complexity index is 995. The molecular weight excluding hydrogens is 336 g/mol. The van der Waals surface area contributed by atoms with Gasteiger partial charge >= 0.3 is 0 Å². The summed E-state index contributed by atoms with van der Waals surface area (Å²) in [5.74, 6) is -0.0674. The summed E-state index contributed by atoms with van der Waals surface area (Å²) in [6, 6.07) is 18.4. The second kappa shape index (κ2) is 6.71. The van der Waals surface area contributed by atoms with E-state index in [1.54, 1.807) is 0 Å². The Labute approximate surface area is 158 Å². The lowest BCUT2D eigenvalue weighted by Crippen LogP contribution is -2.36. The number of morpholine rings is 1. The number of nitrogens with one attached hydrogen (secondary N) is 1. The average molecular weight is 358 g/mol. The molecule has 0 spiro atoms. The van der Waals surface area contributed by atoms with Gasteiger partial charge in [0.15, 0.2) is 0 Å². The second-order valence-corrected chi connectivity index (χ2v) is 7.21. The molecule has 2 aliphatic rings. The Kier molecular flexibility index (Phi) is 4.06. The summed E-state index contributed by atoms with van der Waals surface area (Å²) in [6.45, 7) is 3.30. The van der Waals surface area contributed by atoms with Gasteiger partial charge in [-0.2, -0.15) is 0 Å². The number of ether oxygens (including phenoxy) is 1. The van der Waals surface area contributed by atoms with E-state index in [2.05, 4.69) is 34.5 Å². The summed E-state index contributed by atoms with van der Waals surface area (Å²) in [7, 11) is 0. The highest BCUT2D eigenvalue weighted by molar-refractivity contribution is 6.10. The molecule has 0 saturated carbocycles. The molecule has 5 rings (SSSR count). The van der Waals surface area contributed by atoms with Crippen LogP contribution < -0.4 is 10.2 Å². The van der Waals surface area contributed by atoms with E-state index in [1.165, 1.54) is 16.5 Å². The molecule has 1 aliphatic carbocycles. The highest BCUT2D eigenvalue weighted by atomic mass is 16.5. The van der Waals surface area contributed by atoms with Crippen LogP contribution in [0, 0.1) is 0 Å². The van der Waals surface area contributed by atoms with E-state index in [1.807, 2.05) is 30.3 Å². The van der Waals surface area contributed by atoms with Crippen LogP contribution in [-0.2, 0) is 17.6 Å². The van der Waals surface area contributed by atoms with Crippen molar-refractivity contribution >= 4 is 28.1 Å². The molecule has 3 aromatic rings. The van der Waals surface area contributed by atoms with Gasteiger partial charge in [0.2, 0.25) is 0 Å². The van der Waals surface area contributed by atoms with Gasteiger partial charge in [0.1, 0.15) is 0 Å². The number of anilines is 2. The molecule has 4 heteroatoms. The van der Waals surface area contributed by atoms with Gasteiger partial charge in [0.25, 0.3) is 5.91 Å². The molecule has 136 valence electrons. The van der Waals surface area contributed by atoms with Crippen molar-refractivity contribution in [1.29, 1.82) is 0 Å². The lowest BCUT2D eigenvalue weighted by atomic mass is 10.0. The minimum Gasteiger partial charge on any atom is -0.378 e. The van der Waals surface area contributed by atoms with Crippen molar-refractivity contribution in [2.75, 3.05) is 36.5 Å². The molecular formula is C23H22N2O2. The number of carbonyl (C=O) groups is 1. The molecule has 1 saturated heterocycles. The number of amides is 1. The van der Waals surface area contributed by atoms with E-state index in [4.69, 9.17) is 4.74 Å². The van der Waals surface area contributed by atoms with Crippen molar-refractivity contribution in [3.05, 3.63) is 71.3 Å². The predicted molar refractivity (Wildman–Crippen MR) is 109 cm³/mol. The smallest absolute Gasteiger partial charge is 0.255 e. The zero-order valence-electron chi connectivity index (χ0n) is 15.2. The average Bonchev–Trinajstić information content (AvgIpc) is 3.15. The quantitative estimate of drug-likeness (QED) is 0.769. The van der Waals surface area contributed by atoms with Gasteiger partial charge in [-0.05, 0) is 59.7 Å². The molecule has 0 unspecified atom stereocenters. The van der Waals surface area contributed by atoms with E-state index in [0.717, 1.165) is 55.9 Å². The zero-order chi connectivity index (χ0) is 18.2. The van der Waals surface area contributed by atoms with E-state index in [9.17, 15) is 4.79 Å². The van der Waals surface area contributed by atoms with Gasteiger partial charge < -0.3 is 15.0 Å². The van der Waals surface area contributed by atoms with Crippen molar-refractivity contribution < 1.29 is 9.53 Å². The molecule has 1 fully saturated rings. The summed E-state index contributed by atoms with van der Waals surface area (Å²) in [5.41, 5.74) is 5.47. The van der Waals surface area contributed by atoms with Crippen LogP contribution >= 0.6 is 0 Å². The number of benzene rings is 3. The Morgan fingerprint density at radius 1 is 0.889 bits per heavy atom. The van der Waals surface area contributed by atoms with Crippen molar-refractivity contribution in [3.63, 3.8) is 0 Å². The van der Waals surface area contributed by atoms with Crippen molar-refractivity contribution in [2.24, 2.45) is 0 Å². The van der Waals surface area contributed by atoms with Crippen molar-refractivity contribution in [2.45, 2.75) is 12.8 Å². The van der Waals surface area contributed by atoms with Crippen molar-refractivity contribution in [1.82, 2.24) is 0 Å². The summed E-state index contributed by atoms with van der Waals surface area (Å²) in [6.07, 6.45) is 2.18. The summed E-state index contributed by atoms with van der Waals surface area (Å²) >= 11 is 0. The third kappa shape index (κ3) is 2.96. The van der Waals surface area contributed by atoms with Gasteiger partial charge in [0.05, 0.1) is 13.2 Å². The van der Waals surface area contributed by atoms with Gasteiger partial charge in [-0.3, -0.25) is 4.79 Å². The van der Waals surface area contributed by atoms with E-state index in [-0.39, 0.29) is 5.91 Å². The van der Waals surface area contributed by atoms with E-state index in [0.29, 0.717) is 5.56 Å². The number of rotatable bonds is 3. The summed E-state index contributed by atoms with van der Waals surface area (Å²) < 4.78 is 5.40. The third-order valence-corrected chi connectivity index (χ3v) is 5.63. The number of aryl methyl sites for hydroxylation is 2. The first-order chi connectivity index (χ1) is 13.3. The van der Waals surface area contributed by atoms with Crippen LogP contribution in [-0.4, -0.2) is 32.2 Å². The first-order valence-electron chi connectivity index (χ1n) is 9.57. The standard InChI is InChI=1S/C23H22N2O2/c26-23(18-6-9-19(10-7-18)25-12-14-27-15-13-25)24-21-11-8-17-5-4-16-2-1-3-20(21)22(16)17/h1-3,6-11H,4-5,12-15H2,(H,24,26). The molecule has 0 bridgehead atoms. The maximum Gasteiger partial charge on any atom is 0.255 e. The molecule has 0 radical (unpaired) electrons. The molecule has 0 aromatic heterocycles. The molecule has 3 aromatic carbocycles. The minimum atomic E-state index is -0.0674. The largest absolute Gasteiger partial charge is 0.378 e. The highest BCUT2D eigenvalue weighted by Gasteiger charge is 2.17. The molecule has 4 nitrogen and oxygen atoms in total. The minimum absolute atomic E-state index is 0.0674. The fourth-order valence-electron chi connectivity index (χ4n) is 4.20. The SMILES string of the molecule is O=C(Nc1ccc2c3c(cccc13)CC2)c1ccc(N2CCOCC2)cc1. The number of carbonyl (C=O) groups excluding carboxylic acids is 1. The van der Waals surface area contributed by atoms with Gasteiger partial charge in [0, 0.05) is 35.4 Å². The first kappa shape index (κ1) is 16.3. The molecule has 1 heterocycles.